The van der Waals surface area contributed by atoms with E-state index in [0.717, 1.165) is 55.0 Å². The zero-order chi connectivity index (χ0) is 22.7. The molecule has 0 saturated carbocycles. The van der Waals surface area contributed by atoms with Crippen molar-refractivity contribution in [1.82, 2.24) is 4.90 Å². The highest BCUT2D eigenvalue weighted by Gasteiger charge is 2.47. The van der Waals surface area contributed by atoms with Gasteiger partial charge in [-0.05, 0) is 67.6 Å². The molecule has 0 aliphatic carbocycles. The molecule has 4 rings (SSSR count). The van der Waals surface area contributed by atoms with Crippen molar-refractivity contribution in [2.45, 2.75) is 51.1 Å². The van der Waals surface area contributed by atoms with E-state index in [9.17, 15) is 9.59 Å². The number of rotatable bonds is 6. The number of benzene rings is 2. The second-order valence-corrected chi connectivity index (χ2v) is 8.58. The number of carbonyl (C=O) groups is 2. The van der Waals surface area contributed by atoms with Gasteiger partial charge in [-0.15, -0.1) is 0 Å². The molecule has 0 bridgehead atoms. The highest BCUT2D eigenvalue weighted by molar-refractivity contribution is 6.01. The van der Waals surface area contributed by atoms with E-state index in [1.54, 1.807) is 19.1 Å². The van der Waals surface area contributed by atoms with Gasteiger partial charge in [-0.25, -0.2) is 0 Å². The molecule has 0 N–H and O–H groups in total. The van der Waals surface area contributed by atoms with Gasteiger partial charge in [0.05, 0.1) is 26.2 Å². The van der Waals surface area contributed by atoms with Crippen molar-refractivity contribution in [3.63, 3.8) is 0 Å². The summed E-state index contributed by atoms with van der Waals surface area (Å²) in [7, 11) is 3.25. The molecule has 3 atom stereocenters. The largest absolute Gasteiger partial charge is 0.497 e. The minimum Gasteiger partial charge on any atom is -0.497 e. The Morgan fingerprint density at radius 1 is 0.969 bits per heavy atom. The molecule has 2 saturated heterocycles. The van der Waals surface area contributed by atoms with Crippen LogP contribution in [0.1, 0.15) is 50.6 Å². The summed E-state index contributed by atoms with van der Waals surface area (Å²) in [5.74, 6) is 1.14. The number of anilines is 1. The third-order valence-electron chi connectivity index (χ3n) is 6.83. The van der Waals surface area contributed by atoms with Crippen molar-refractivity contribution in [2.24, 2.45) is 5.92 Å². The fourth-order valence-corrected chi connectivity index (χ4v) is 5.11. The quantitative estimate of drug-likeness (QED) is 0.665. The van der Waals surface area contributed by atoms with E-state index in [4.69, 9.17) is 9.47 Å². The van der Waals surface area contributed by atoms with Crippen molar-refractivity contribution in [3.05, 3.63) is 54.1 Å². The van der Waals surface area contributed by atoms with Crippen molar-refractivity contribution in [1.29, 1.82) is 0 Å². The lowest BCUT2D eigenvalue weighted by Gasteiger charge is -2.38. The molecule has 0 spiro atoms. The Morgan fingerprint density at radius 3 is 2.19 bits per heavy atom. The maximum atomic E-state index is 13.8. The lowest BCUT2D eigenvalue weighted by atomic mass is 9.90. The Labute approximate surface area is 190 Å². The van der Waals surface area contributed by atoms with Gasteiger partial charge in [0.25, 0.3) is 0 Å². The van der Waals surface area contributed by atoms with Gasteiger partial charge < -0.3 is 19.3 Å². The molecule has 3 unspecified atom stereocenters. The monoisotopic (exact) mass is 436 g/mol. The van der Waals surface area contributed by atoms with Gasteiger partial charge in [0.15, 0.2) is 0 Å². The van der Waals surface area contributed by atoms with Crippen LogP contribution in [0.2, 0.25) is 0 Å². The van der Waals surface area contributed by atoms with Crippen molar-refractivity contribution in [2.75, 3.05) is 25.7 Å². The first kappa shape index (κ1) is 22.2. The summed E-state index contributed by atoms with van der Waals surface area (Å²) < 4.78 is 10.6. The SMILES string of the molecule is CCC1CCCCN1C(=O)C1CC(=O)N(c2ccc(OC)cc2)C1c1ccc(OC)cc1. The second kappa shape index (κ2) is 9.63. The zero-order valence-electron chi connectivity index (χ0n) is 19.1. The smallest absolute Gasteiger partial charge is 0.228 e. The van der Waals surface area contributed by atoms with Crippen molar-refractivity contribution < 1.29 is 19.1 Å². The molecule has 6 heteroatoms. The first-order valence-corrected chi connectivity index (χ1v) is 11.5. The van der Waals surface area contributed by atoms with Gasteiger partial charge in [0.1, 0.15) is 11.5 Å². The predicted octanol–water partition coefficient (Wildman–Crippen LogP) is 4.59. The maximum absolute atomic E-state index is 13.8. The average molecular weight is 437 g/mol. The fraction of sp³-hybridized carbons (Fsp3) is 0.462. The summed E-state index contributed by atoms with van der Waals surface area (Å²) in [6.45, 7) is 2.92. The van der Waals surface area contributed by atoms with Crippen LogP contribution in [0, 0.1) is 5.92 Å². The molecule has 2 fully saturated rings. The fourth-order valence-electron chi connectivity index (χ4n) is 5.11. The molecule has 0 radical (unpaired) electrons. The highest BCUT2D eigenvalue weighted by Crippen LogP contribution is 2.43. The maximum Gasteiger partial charge on any atom is 0.228 e. The summed E-state index contributed by atoms with van der Waals surface area (Å²) in [6.07, 6.45) is 4.39. The number of amides is 2. The zero-order valence-corrected chi connectivity index (χ0v) is 19.1. The van der Waals surface area contributed by atoms with Crippen LogP contribution in [0.15, 0.2) is 48.5 Å². The average Bonchev–Trinajstić information content (AvgIpc) is 3.20. The van der Waals surface area contributed by atoms with Gasteiger partial charge in [0.2, 0.25) is 11.8 Å². The molecule has 32 heavy (non-hydrogen) atoms. The van der Waals surface area contributed by atoms with Crippen molar-refractivity contribution in [3.8, 4) is 11.5 Å². The number of piperidine rings is 1. The molecular weight excluding hydrogens is 404 g/mol. The molecule has 170 valence electrons. The molecule has 2 aromatic carbocycles. The lowest BCUT2D eigenvalue weighted by Crippen LogP contribution is -2.47. The van der Waals surface area contributed by atoms with Gasteiger partial charge >= 0.3 is 0 Å². The van der Waals surface area contributed by atoms with Gasteiger partial charge in [0, 0.05) is 24.7 Å². The van der Waals surface area contributed by atoms with Gasteiger partial charge in [-0.2, -0.15) is 0 Å². The van der Waals surface area contributed by atoms with Crippen LogP contribution in [0.3, 0.4) is 0 Å². The standard InChI is InChI=1S/C26H32N2O4/c1-4-19-7-5-6-16-27(19)26(30)23-17-24(29)28(20-10-14-22(32-3)15-11-20)25(23)18-8-12-21(31-2)13-9-18/h8-15,19,23,25H,4-7,16-17H2,1-3H3. The normalized spacial score (nSPS) is 23.3. The van der Waals surface area contributed by atoms with Crippen LogP contribution in [0.25, 0.3) is 0 Å². The summed E-state index contributed by atoms with van der Waals surface area (Å²) >= 11 is 0. The molecule has 2 amide bonds. The van der Waals surface area contributed by atoms with Gasteiger partial charge in [-0.3, -0.25) is 9.59 Å². The molecular formula is C26H32N2O4. The first-order valence-electron chi connectivity index (χ1n) is 11.5. The molecule has 2 aliphatic rings. The Morgan fingerprint density at radius 2 is 1.59 bits per heavy atom. The third-order valence-corrected chi connectivity index (χ3v) is 6.83. The van der Waals surface area contributed by atoms with Crippen LogP contribution in [0.4, 0.5) is 5.69 Å². The summed E-state index contributed by atoms with van der Waals surface area (Å²) in [4.78, 5) is 30.9. The van der Waals surface area contributed by atoms with Crippen LogP contribution in [0.5, 0.6) is 11.5 Å². The Balaban J connectivity index is 1.72. The van der Waals surface area contributed by atoms with E-state index in [-0.39, 0.29) is 30.3 Å². The van der Waals surface area contributed by atoms with Crippen LogP contribution in [-0.4, -0.2) is 43.5 Å². The molecule has 6 nitrogen and oxygen atoms in total. The van der Waals surface area contributed by atoms with E-state index in [1.165, 1.54) is 0 Å². The predicted molar refractivity (Wildman–Crippen MR) is 124 cm³/mol. The number of ether oxygens (including phenoxy) is 2. The van der Waals surface area contributed by atoms with E-state index >= 15 is 0 Å². The number of carbonyl (C=O) groups excluding carboxylic acids is 2. The first-order chi connectivity index (χ1) is 15.6. The summed E-state index contributed by atoms with van der Waals surface area (Å²) in [5, 5.41) is 0. The van der Waals surface area contributed by atoms with E-state index in [0.29, 0.717) is 0 Å². The molecule has 2 aliphatic heterocycles. The topological polar surface area (TPSA) is 59.1 Å². The van der Waals surface area contributed by atoms with E-state index in [1.807, 2.05) is 53.4 Å². The van der Waals surface area contributed by atoms with E-state index in [2.05, 4.69) is 6.92 Å². The van der Waals surface area contributed by atoms with Gasteiger partial charge in [-0.1, -0.05) is 19.1 Å². The Kier molecular flexibility index (Phi) is 6.68. The Bertz CT molecular complexity index is 941. The molecule has 0 aromatic heterocycles. The van der Waals surface area contributed by atoms with Crippen LogP contribution in [-0.2, 0) is 9.59 Å². The van der Waals surface area contributed by atoms with E-state index < -0.39 is 5.92 Å². The van der Waals surface area contributed by atoms with Crippen molar-refractivity contribution >= 4 is 17.5 Å². The minimum absolute atomic E-state index is 0.0283. The van der Waals surface area contributed by atoms with Crippen LogP contribution >= 0.6 is 0 Å². The minimum atomic E-state index is -0.412. The number of methoxy groups -OCH3 is 2. The highest BCUT2D eigenvalue weighted by atomic mass is 16.5. The summed E-state index contributed by atoms with van der Waals surface area (Å²) in [5.41, 5.74) is 1.72. The second-order valence-electron chi connectivity index (χ2n) is 8.58. The number of hydrogen-bond donors (Lipinski definition) is 0. The summed E-state index contributed by atoms with van der Waals surface area (Å²) in [6, 6.07) is 15.1. The lowest BCUT2D eigenvalue weighted by molar-refractivity contribution is -0.140. The molecule has 2 aromatic rings. The Hall–Kier alpha value is -3.02. The number of hydrogen-bond acceptors (Lipinski definition) is 4. The third kappa shape index (κ3) is 4.18. The number of likely N-dealkylation sites (tertiary alicyclic amines) is 1. The van der Waals surface area contributed by atoms with Crippen LogP contribution < -0.4 is 14.4 Å². The number of nitrogens with zero attached hydrogens (tertiary/aromatic N) is 2. The molecule has 2 heterocycles.